The van der Waals surface area contributed by atoms with E-state index in [9.17, 15) is 5.26 Å². The SMILES string of the molecule is N#Cc1ccc(COC[C@H]2C[C@@H]2c2ccccc2)c2ccccc12. The molecule has 0 amide bonds. The Morgan fingerprint density at radius 1 is 0.917 bits per heavy atom. The highest BCUT2D eigenvalue weighted by molar-refractivity contribution is 5.90. The highest BCUT2D eigenvalue weighted by Crippen LogP contribution is 2.47. The van der Waals surface area contributed by atoms with E-state index in [1.54, 1.807) is 0 Å². The minimum absolute atomic E-state index is 0.601. The van der Waals surface area contributed by atoms with Crippen molar-refractivity contribution in [3.8, 4) is 6.07 Å². The van der Waals surface area contributed by atoms with E-state index >= 15 is 0 Å². The molecule has 118 valence electrons. The highest BCUT2D eigenvalue weighted by atomic mass is 16.5. The summed E-state index contributed by atoms with van der Waals surface area (Å²) in [6.45, 7) is 1.40. The molecule has 0 saturated heterocycles. The van der Waals surface area contributed by atoms with E-state index in [1.807, 2.05) is 30.3 Å². The maximum Gasteiger partial charge on any atom is 0.0998 e. The molecule has 2 nitrogen and oxygen atoms in total. The molecule has 3 aromatic carbocycles. The first-order valence-electron chi connectivity index (χ1n) is 8.40. The van der Waals surface area contributed by atoms with E-state index in [-0.39, 0.29) is 0 Å². The van der Waals surface area contributed by atoms with Gasteiger partial charge in [0, 0.05) is 0 Å². The number of benzene rings is 3. The molecule has 2 atom stereocenters. The molecule has 1 saturated carbocycles. The lowest BCUT2D eigenvalue weighted by Gasteiger charge is -2.09. The van der Waals surface area contributed by atoms with Crippen LogP contribution in [0.5, 0.6) is 0 Å². The van der Waals surface area contributed by atoms with Crippen LogP contribution in [0.15, 0.2) is 66.7 Å². The van der Waals surface area contributed by atoms with Crippen LogP contribution in [0, 0.1) is 17.2 Å². The van der Waals surface area contributed by atoms with Gasteiger partial charge in [-0.3, -0.25) is 0 Å². The molecule has 0 N–H and O–H groups in total. The van der Waals surface area contributed by atoms with Crippen LogP contribution in [0.1, 0.15) is 29.0 Å². The summed E-state index contributed by atoms with van der Waals surface area (Å²) in [6.07, 6.45) is 1.22. The number of hydrogen-bond donors (Lipinski definition) is 0. The Hall–Kier alpha value is -2.63. The van der Waals surface area contributed by atoms with Gasteiger partial charge >= 0.3 is 0 Å². The molecule has 1 fully saturated rings. The smallest absolute Gasteiger partial charge is 0.0998 e. The van der Waals surface area contributed by atoms with Gasteiger partial charge in [-0.1, -0.05) is 60.7 Å². The van der Waals surface area contributed by atoms with Gasteiger partial charge in [0.25, 0.3) is 0 Å². The third kappa shape index (κ3) is 2.91. The third-order valence-corrected chi connectivity index (χ3v) is 4.87. The Labute approximate surface area is 142 Å². The fourth-order valence-electron chi connectivity index (χ4n) is 3.45. The normalized spacial score (nSPS) is 19.1. The molecule has 0 radical (unpaired) electrons. The van der Waals surface area contributed by atoms with Crippen LogP contribution in [-0.2, 0) is 11.3 Å². The fourth-order valence-corrected chi connectivity index (χ4v) is 3.45. The average molecular weight is 313 g/mol. The lowest BCUT2D eigenvalue weighted by atomic mass is 10.0. The Morgan fingerprint density at radius 2 is 1.67 bits per heavy atom. The number of fused-ring (bicyclic) bond motifs is 1. The van der Waals surface area contributed by atoms with Gasteiger partial charge in [0.2, 0.25) is 0 Å². The number of rotatable bonds is 5. The molecule has 0 spiro atoms. The fraction of sp³-hybridized carbons (Fsp3) is 0.227. The van der Waals surface area contributed by atoms with Gasteiger partial charge in [-0.05, 0) is 46.2 Å². The summed E-state index contributed by atoms with van der Waals surface area (Å²) in [5.74, 6) is 1.29. The topological polar surface area (TPSA) is 33.0 Å². The van der Waals surface area contributed by atoms with Gasteiger partial charge in [0.1, 0.15) is 0 Å². The van der Waals surface area contributed by atoms with E-state index in [2.05, 4.69) is 42.5 Å². The van der Waals surface area contributed by atoms with Gasteiger partial charge in [-0.25, -0.2) is 0 Å². The van der Waals surface area contributed by atoms with Gasteiger partial charge < -0.3 is 4.74 Å². The van der Waals surface area contributed by atoms with E-state index in [0.717, 1.165) is 28.5 Å². The number of nitrogens with zero attached hydrogens (tertiary/aromatic N) is 1. The predicted molar refractivity (Wildman–Crippen MR) is 95.6 cm³/mol. The predicted octanol–water partition coefficient (Wildman–Crippen LogP) is 5.03. The Kier molecular flexibility index (Phi) is 4.02. The Balaban J connectivity index is 1.41. The maximum absolute atomic E-state index is 9.24. The molecule has 1 aliphatic carbocycles. The molecule has 0 bridgehead atoms. The van der Waals surface area contributed by atoms with Crippen molar-refractivity contribution in [1.82, 2.24) is 0 Å². The molecule has 0 aromatic heterocycles. The highest BCUT2D eigenvalue weighted by Gasteiger charge is 2.38. The minimum Gasteiger partial charge on any atom is -0.376 e. The first kappa shape index (κ1) is 14.9. The Bertz CT molecular complexity index is 895. The lowest BCUT2D eigenvalue weighted by molar-refractivity contribution is 0.111. The van der Waals surface area contributed by atoms with Gasteiger partial charge in [-0.2, -0.15) is 5.26 Å². The van der Waals surface area contributed by atoms with Gasteiger partial charge in [0.05, 0.1) is 24.8 Å². The van der Waals surface area contributed by atoms with Crippen LogP contribution >= 0.6 is 0 Å². The van der Waals surface area contributed by atoms with Crippen LogP contribution in [-0.4, -0.2) is 6.61 Å². The van der Waals surface area contributed by atoms with Crippen LogP contribution in [0.3, 0.4) is 0 Å². The number of nitriles is 1. The molecular formula is C22H19NO. The van der Waals surface area contributed by atoms with E-state index in [0.29, 0.717) is 18.4 Å². The first-order valence-corrected chi connectivity index (χ1v) is 8.40. The number of ether oxygens (including phenoxy) is 1. The van der Waals surface area contributed by atoms with Crippen molar-refractivity contribution in [1.29, 1.82) is 5.26 Å². The summed E-state index contributed by atoms with van der Waals surface area (Å²) >= 11 is 0. The summed E-state index contributed by atoms with van der Waals surface area (Å²) in [6, 6.07) is 24.9. The molecule has 0 aliphatic heterocycles. The van der Waals surface area contributed by atoms with Gasteiger partial charge in [-0.15, -0.1) is 0 Å². The standard InChI is InChI=1S/C22H19NO/c23-13-17-10-11-18(21-9-5-4-8-20(17)21)14-24-15-19-12-22(19)16-6-2-1-3-7-16/h1-11,19,22H,12,14-15H2/t19-,22-/m1/s1. The molecule has 24 heavy (non-hydrogen) atoms. The zero-order chi connectivity index (χ0) is 16.4. The molecular weight excluding hydrogens is 294 g/mol. The molecule has 4 rings (SSSR count). The van der Waals surface area contributed by atoms with Crippen molar-refractivity contribution in [3.63, 3.8) is 0 Å². The zero-order valence-electron chi connectivity index (χ0n) is 13.5. The van der Waals surface area contributed by atoms with Crippen molar-refractivity contribution in [3.05, 3.63) is 83.4 Å². The van der Waals surface area contributed by atoms with Crippen molar-refractivity contribution in [2.75, 3.05) is 6.61 Å². The third-order valence-electron chi connectivity index (χ3n) is 4.87. The van der Waals surface area contributed by atoms with Gasteiger partial charge in [0.15, 0.2) is 0 Å². The summed E-state index contributed by atoms with van der Waals surface area (Å²) < 4.78 is 5.99. The molecule has 1 aliphatic rings. The van der Waals surface area contributed by atoms with E-state index in [1.165, 1.54) is 12.0 Å². The van der Waals surface area contributed by atoms with Crippen LogP contribution in [0.25, 0.3) is 10.8 Å². The average Bonchev–Trinajstić information content (AvgIpc) is 3.42. The second-order valence-corrected chi connectivity index (χ2v) is 6.46. The minimum atomic E-state index is 0.601. The van der Waals surface area contributed by atoms with Crippen LogP contribution in [0.2, 0.25) is 0 Å². The number of hydrogen-bond acceptors (Lipinski definition) is 2. The lowest BCUT2D eigenvalue weighted by Crippen LogP contribution is -1.99. The van der Waals surface area contributed by atoms with E-state index < -0.39 is 0 Å². The second-order valence-electron chi connectivity index (χ2n) is 6.46. The zero-order valence-corrected chi connectivity index (χ0v) is 13.5. The maximum atomic E-state index is 9.24. The van der Waals surface area contributed by atoms with Crippen molar-refractivity contribution >= 4 is 10.8 Å². The summed E-state index contributed by atoms with van der Waals surface area (Å²) in [5.41, 5.74) is 3.30. The second kappa shape index (κ2) is 6.47. The van der Waals surface area contributed by atoms with Crippen LogP contribution in [0.4, 0.5) is 0 Å². The van der Waals surface area contributed by atoms with E-state index in [4.69, 9.17) is 4.74 Å². The summed E-state index contributed by atoms with van der Waals surface area (Å²) in [7, 11) is 0. The summed E-state index contributed by atoms with van der Waals surface area (Å²) in [4.78, 5) is 0. The van der Waals surface area contributed by atoms with Crippen molar-refractivity contribution in [2.45, 2.75) is 18.9 Å². The Morgan fingerprint density at radius 3 is 2.46 bits per heavy atom. The molecule has 3 aromatic rings. The first-order chi connectivity index (χ1) is 11.9. The summed E-state index contributed by atoms with van der Waals surface area (Å²) in [5, 5.41) is 11.4. The monoisotopic (exact) mass is 313 g/mol. The molecule has 0 heterocycles. The van der Waals surface area contributed by atoms with Crippen molar-refractivity contribution < 1.29 is 4.74 Å². The largest absolute Gasteiger partial charge is 0.376 e. The van der Waals surface area contributed by atoms with Crippen molar-refractivity contribution in [2.24, 2.45) is 5.92 Å². The molecule has 0 unspecified atom stereocenters. The quantitative estimate of drug-likeness (QED) is 0.661. The van der Waals surface area contributed by atoms with Crippen LogP contribution < -0.4 is 0 Å². The molecule has 2 heteroatoms.